The van der Waals surface area contributed by atoms with Crippen molar-refractivity contribution in [1.82, 2.24) is 9.97 Å². The molecule has 3 aromatic rings. The highest BCUT2D eigenvalue weighted by atomic mass is 16.3. The van der Waals surface area contributed by atoms with Crippen molar-refractivity contribution in [3.05, 3.63) is 42.7 Å². The van der Waals surface area contributed by atoms with Gasteiger partial charge in [-0.05, 0) is 45.0 Å². The molecule has 0 amide bonds. The average Bonchev–Trinajstić information content (AvgIpc) is 2.90. The predicted octanol–water partition coefficient (Wildman–Crippen LogP) is 4.10. The molecule has 20 heavy (non-hydrogen) atoms. The SMILES string of the molecule is CC(C)(C)Nc1nc(-c2ccco2)nc2ccccc12. The van der Waals surface area contributed by atoms with Crippen LogP contribution in [-0.4, -0.2) is 15.5 Å². The minimum Gasteiger partial charge on any atom is -0.461 e. The van der Waals surface area contributed by atoms with Gasteiger partial charge < -0.3 is 9.73 Å². The monoisotopic (exact) mass is 267 g/mol. The van der Waals surface area contributed by atoms with Crippen LogP contribution in [0.15, 0.2) is 47.1 Å². The van der Waals surface area contributed by atoms with Crippen LogP contribution in [0.25, 0.3) is 22.5 Å². The summed E-state index contributed by atoms with van der Waals surface area (Å²) in [4.78, 5) is 9.18. The van der Waals surface area contributed by atoms with Crippen LogP contribution >= 0.6 is 0 Å². The zero-order valence-electron chi connectivity index (χ0n) is 11.8. The lowest BCUT2D eigenvalue weighted by molar-refractivity contribution is 0.577. The molecule has 2 aromatic heterocycles. The van der Waals surface area contributed by atoms with Gasteiger partial charge in [-0.2, -0.15) is 0 Å². The Morgan fingerprint density at radius 2 is 1.80 bits per heavy atom. The van der Waals surface area contributed by atoms with Gasteiger partial charge in [0.2, 0.25) is 0 Å². The molecule has 102 valence electrons. The highest BCUT2D eigenvalue weighted by Gasteiger charge is 2.15. The molecule has 1 N–H and O–H groups in total. The van der Waals surface area contributed by atoms with E-state index in [-0.39, 0.29) is 5.54 Å². The Bertz CT molecular complexity index is 727. The summed E-state index contributed by atoms with van der Waals surface area (Å²) in [5.74, 6) is 2.10. The fraction of sp³-hybridized carbons (Fsp3) is 0.250. The number of aromatic nitrogens is 2. The quantitative estimate of drug-likeness (QED) is 0.759. The first-order chi connectivity index (χ1) is 9.53. The molecular weight excluding hydrogens is 250 g/mol. The van der Waals surface area contributed by atoms with E-state index in [1.54, 1.807) is 6.26 Å². The van der Waals surface area contributed by atoms with Gasteiger partial charge >= 0.3 is 0 Å². The normalized spacial score (nSPS) is 11.8. The van der Waals surface area contributed by atoms with Crippen molar-refractivity contribution >= 4 is 16.7 Å². The fourth-order valence-corrected chi connectivity index (χ4v) is 2.04. The van der Waals surface area contributed by atoms with Crippen LogP contribution < -0.4 is 5.32 Å². The van der Waals surface area contributed by atoms with Crippen molar-refractivity contribution in [1.29, 1.82) is 0 Å². The molecular formula is C16H17N3O. The molecule has 0 aliphatic rings. The summed E-state index contributed by atoms with van der Waals surface area (Å²) in [6.07, 6.45) is 1.63. The second-order valence-electron chi connectivity index (χ2n) is 5.77. The van der Waals surface area contributed by atoms with E-state index in [4.69, 9.17) is 4.42 Å². The van der Waals surface area contributed by atoms with E-state index in [9.17, 15) is 0 Å². The molecule has 0 atom stereocenters. The van der Waals surface area contributed by atoms with Gasteiger partial charge in [0.05, 0.1) is 11.8 Å². The lowest BCUT2D eigenvalue weighted by atomic mass is 10.1. The van der Waals surface area contributed by atoms with Crippen LogP contribution in [0.1, 0.15) is 20.8 Å². The highest BCUT2D eigenvalue weighted by Crippen LogP contribution is 2.26. The van der Waals surface area contributed by atoms with Crippen LogP contribution in [0.5, 0.6) is 0 Å². The largest absolute Gasteiger partial charge is 0.461 e. The molecule has 0 saturated heterocycles. The summed E-state index contributed by atoms with van der Waals surface area (Å²) in [5.41, 5.74) is 0.832. The van der Waals surface area contributed by atoms with E-state index >= 15 is 0 Å². The van der Waals surface area contributed by atoms with Crippen LogP contribution in [0.3, 0.4) is 0 Å². The molecule has 3 rings (SSSR count). The second kappa shape index (κ2) is 4.63. The van der Waals surface area contributed by atoms with E-state index in [2.05, 4.69) is 36.1 Å². The van der Waals surface area contributed by atoms with Crippen LogP contribution in [0.2, 0.25) is 0 Å². The first kappa shape index (κ1) is 12.7. The first-order valence-electron chi connectivity index (χ1n) is 6.62. The minimum absolute atomic E-state index is 0.0719. The van der Waals surface area contributed by atoms with Crippen molar-refractivity contribution in [2.24, 2.45) is 0 Å². The maximum absolute atomic E-state index is 5.40. The Kier molecular flexibility index (Phi) is 2.93. The Labute approximate surface area is 117 Å². The molecule has 0 aliphatic heterocycles. The Morgan fingerprint density at radius 3 is 2.50 bits per heavy atom. The molecule has 4 heteroatoms. The van der Waals surface area contributed by atoms with Gasteiger partial charge in [-0.1, -0.05) is 12.1 Å². The minimum atomic E-state index is -0.0719. The Hall–Kier alpha value is -2.36. The number of anilines is 1. The summed E-state index contributed by atoms with van der Waals surface area (Å²) < 4.78 is 5.40. The smallest absolute Gasteiger partial charge is 0.198 e. The lowest BCUT2D eigenvalue weighted by Gasteiger charge is -2.22. The first-order valence-corrected chi connectivity index (χ1v) is 6.62. The summed E-state index contributed by atoms with van der Waals surface area (Å²) >= 11 is 0. The summed E-state index contributed by atoms with van der Waals surface area (Å²) in [6, 6.07) is 11.7. The Morgan fingerprint density at radius 1 is 1.00 bits per heavy atom. The molecule has 1 aromatic carbocycles. The fourth-order valence-electron chi connectivity index (χ4n) is 2.04. The van der Waals surface area contributed by atoms with Crippen molar-refractivity contribution in [2.75, 3.05) is 5.32 Å². The third kappa shape index (κ3) is 2.50. The van der Waals surface area contributed by atoms with Gasteiger partial charge in [0.15, 0.2) is 11.6 Å². The van der Waals surface area contributed by atoms with Gasteiger partial charge in [-0.3, -0.25) is 0 Å². The second-order valence-corrected chi connectivity index (χ2v) is 5.77. The molecule has 0 unspecified atom stereocenters. The van der Waals surface area contributed by atoms with Gasteiger partial charge in [0.25, 0.3) is 0 Å². The molecule has 0 radical (unpaired) electrons. The van der Waals surface area contributed by atoms with E-state index in [0.717, 1.165) is 16.7 Å². The number of para-hydroxylation sites is 1. The number of hydrogen-bond acceptors (Lipinski definition) is 4. The zero-order valence-corrected chi connectivity index (χ0v) is 11.8. The molecule has 4 nitrogen and oxygen atoms in total. The maximum atomic E-state index is 5.40. The van der Waals surface area contributed by atoms with Gasteiger partial charge in [-0.15, -0.1) is 0 Å². The van der Waals surface area contributed by atoms with Crippen LogP contribution in [-0.2, 0) is 0 Å². The van der Waals surface area contributed by atoms with Crippen molar-refractivity contribution < 1.29 is 4.42 Å². The summed E-state index contributed by atoms with van der Waals surface area (Å²) in [7, 11) is 0. The summed E-state index contributed by atoms with van der Waals surface area (Å²) in [6.45, 7) is 6.32. The number of rotatable bonds is 2. The van der Waals surface area contributed by atoms with E-state index < -0.39 is 0 Å². The topological polar surface area (TPSA) is 51.0 Å². The van der Waals surface area contributed by atoms with Crippen molar-refractivity contribution in [2.45, 2.75) is 26.3 Å². The summed E-state index contributed by atoms with van der Waals surface area (Å²) in [5, 5.41) is 4.45. The third-order valence-corrected chi connectivity index (χ3v) is 2.84. The maximum Gasteiger partial charge on any atom is 0.198 e. The van der Waals surface area contributed by atoms with Gasteiger partial charge in [-0.25, -0.2) is 9.97 Å². The zero-order chi connectivity index (χ0) is 14.2. The highest BCUT2D eigenvalue weighted by molar-refractivity contribution is 5.90. The van der Waals surface area contributed by atoms with E-state index in [1.165, 1.54) is 0 Å². The lowest BCUT2D eigenvalue weighted by Crippen LogP contribution is -2.27. The van der Waals surface area contributed by atoms with Crippen LogP contribution in [0.4, 0.5) is 5.82 Å². The Balaban J connectivity index is 2.20. The number of benzene rings is 1. The van der Waals surface area contributed by atoms with Crippen molar-refractivity contribution in [3.8, 4) is 11.6 Å². The molecule has 0 aliphatic carbocycles. The van der Waals surface area contributed by atoms with E-state index in [1.807, 2.05) is 36.4 Å². The molecule has 0 saturated carbocycles. The van der Waals surface area contributed by atoms with Gasteiger partial charge in [0, 0.05) is 10.9 Å². The number of nitrogens with one attached hydrogen (secondary N) is 1. The average molecular weight is 267 g/mol. The van der Waals surface area contributed by atoms with E-state index in [0.29, 0.717) is 11.6 Å². The third-order valence-electron chi connectivity index (χ3n) is 2.84. The predicted molar refractivity (Wildman–Crippen MR) is 80.6 cm³/mol. The number of furan rings is 1. The molecule has 0 bridgehead atoms. The van der Waals surface area contributed by atoms with Crippen molar-refractivity contribution in [3.63, 3.8) is 0 Å². The molecule has 2 heterocycles. The number of hydrogen-bond donors (Lipinski definition) is 1. The molecule has 0 spiro atoms. The molecule has 0 fully saturated rings. The standard InChI is InChI=1S/C16H17N3O/c1-16(2,3)19-14-11-7-4-5-8-12(11)17-15(18-14)13-9-6-10-20-13/h4-10H,1-3H3,(H,17,18,19). The van der Waals surface area contributed by atoms with Crippen LogP contribution in [0, 0.1) is 0 Å². The van der Waals surface area contributed by atoms with Gasteiger partial charge in [0.1, 0.15) is 5.82 Å². The number of nitrogens with zero attached hydrogens (tertiary/aromatic N) is 2. The number of fused-ring (bicyclic) bond motifs is 1.